The quantitative estimate of drug-likeness (QED) is 0.814. The van der Waals surface area contributed by atoms with Gasteiger partial charge in [0.1, 0.15) is 11.5 Å². The van der Waals surface area contributed by atoms with Crippen molar-refractivity contribution in [2.75, 3.05) is 5.73 Å². The summed E-state index contributed by atoms with van der Waals surface area (Å²) in [6.45, 7) is 2.83. The van der Waals surface area contributed by atoms with E-state index < -0.39 is 17.6 Å². The molecule has 1 aromatic heterocycles. The van der Waals surface area contributed by atoms with Gasteiger partial charge in [0, 0.05) is 11.1 Å². The zero-order valence-corrected chi connectivity index (χ0v) is 10.7. The molecule has 0 spiro atoms. The zero-order chi connectivity index (χ0) is 15.0. The largest absolute Gasteiger partial charge is 0.477 e. The lowest BCUT2D eigenvalue weighted by Gasteiger charge is -2.10. The van der Waals surface area contributed by atoms with Crippen molar-refractivity contribution in [3.8, 4) is 0 Å². The van der Waals surface area contributed by atoms with Gasteiger partial charge in [-0.3, -0.25) is 0 Å². The highest BCUT2D eigenvalue weighted by molar-refractivity contribution is 5.90. The van der Waals surface area contributed by atoms with Crippen LogP contribution in [0.1, 0.15) is 28.7 Å². The van der Waals surface area contributed by atoms with Crippen molar-refractivity contribution >= 4 is 17.2 Å². The molecule has 1 aliphatic carbocycles. The lowest BCUT2D eigenvalue weighted by atomic mass is 10.0. The van der Waals surface area contributed by atoms with E-state index in [2.05, 4.69) is 16.4 Å². The average Bonchev–Trinajstić information content (AvgIpc) is 2.39. The highest BCUT2D eigenvalue weighted by Crippen LogP contribution is 2.28. The Hall–Kier alpha value is -2.68. The van der Waals surface area contributed by atoms with Gasteiger partial charge in [-0.1, -0.05) is 11.5 Å². The van der Waals surface area contributed by atoms with Gasteiger partial charge < -0.3 is 10.8 Å². The molecule has 1 aromatic rings. The summed E-state index contributed by atoms with van der Waals surface area (Å²) in [4.78, 5) is 14.8. The predicted octanol–water partition coefficient (Wildman–Crippen LogP) is 2.76. The van der Waals surface area contributed by atoms with Crippen molar-refractivity contribution in [1.29, 1.82) is 0 Å². The standard InChI is InChI=1S/C14H10F2N2O2/c1-6-3-4-8(5-9(6)15)13-10(16)11(17)7(2)12(18-13)14(19)20/h5H,1-2H3,(H2,17,18)(H,19,20). The number of nitrogens with zero attached hydrogens (tertiary/aromatic N) is 1. The molecule has 0 amide bonds. The Kier molecular flexibility index (Phi) is 3.28. The lowest BCUT2D eigenvalue weighted by Crippen LogP contribution is -2.11. The van der Waals surface area contributed by atoms with E-state index in [4.69, 9.17) is 10.8 Å². The number of rotatable bonds is 2. The summed E-state index contributed by atoms with van der Waals surface area (Å²) in [5.74, 6) is -2.86. The van der Waals surface area contributed by atoms with Crippen LogP contribution < -0.4 is 5.73 Å². The minimum atomic E-state index is -1.34. The third kappa shape index (κ3) is 2.14. The second kappa shape index (κ2) is 4.78. The third-order valence-electron chi connectivity index (χ3n) is 2.90. The van der Waals surface area contributed by atoms with Gasteiger partial charge in [0.25, 0.3) is 0 Å². The highest BCUT2D eigenvalue weighted by Gasteiger charge is 2.21. The van der Waals surface area contributed by atoms with Gasteiger partial charge >= 0.3 is 5.97 Å². The first-order valence-corrected chi connectivity index (χ1v) is 5.62. The number of pyridine rings is 1. The number of hydrogen-bond acceptors (Lipinski definition) is 3. The van der Waals surface area contributed by atoms with Gasteiger partial charge in [-0.25, -0.2) is 18.6 Å². The normalized spacial score (nSPS) is 13.7. The first kappa shape index (κ1) is 13.7. The van der Waals surface area contributed by atoms with E-state index in [-0.39, 0.29) is 33.8 Å². The smallest absolute Gasteiger partial charge is 0.354 e. The van der Waals surface area contributed by atoms with E-state index in [1.165, 1.54) is 13.8 Å². The maximum atomic E-state index is 14.1. The molecule has 0 saturated heterocycles. The van der Waals surface area contributed by atoms with Crippen molar-refractivity contribution in [1.82, 2.24) is 4.98 Å². The molecule has 102 valence electrons. The molecular formula is C14H10F2N2O2. The number of nitrogens with two attached hydrogens (primary N) is 1. The number of carboxylic acid groups (broad SMARTS) is 1. The molecule has 6 heteroatoms. The molecule has 4 nitrogen and oxygen atoms in total. The maximum absolute atomic E-state index is 14.1. The van der Waals surface area contributed by atoms with E-state index in [9.17, 15) is 13.6 Å². The number of carboxylic acids is 1. The second-order valence-corrected chi connectivity index (χ2v) is 4.25. The fraction of sp³-hybridized carbons (Fsp3) is 0.143. The number of carbonyl (C=O) groups is 1. The van der Waals surface area contributed by atoms with Crippen LogP contribution in [0.2, 0.25) is 0 Å². The Morgan fingerprint density at radius 1 is 1.35 bits per heavy atom. The van der Waals surface area contributed by atoms with E-state index in [1.54, 1.807) is 0 Å². The maximum Gasteiger partial charge on any atom is 0.354 e. The number of halogens is 2. The molecule has 0 saturated carbocycles. The first-order valence-electron chi connectivity index (χ1n) is 5.62. The number of hydrogen-bond donors (Lipinski definition) is 2. The zero-order valence-electron chi connectivity index (χ0n) is 10.7. The molecule has 0 bridgehead atoms. The molecule has 0 aliphatic heterocycles. The minimum Gasteiger partial charge on any atom is -0.477 e. The Labute approximate surface area is 113 Å². The average molecular weight is 276 g/mol. The van der Waals surface area contributed by atoms with Crippen LogP contribution in [0.25, 0.3) is 5.57 Å². The van der Waals surface area contributed by atoms with Crippen LogP contribution in [0.15, 0.2) is 28.9 Å². The number of anilines is 1. The molecule has 0 fully saturated rings. The van der Waals surface area contributed by atoms with Gasteiger partial charge in [-0.2, -0.15) is 0 Å². The summed E-state index contributed by atoms with van der Waals surface area (Å²) in [5, 5.41) is 9.02. The molecule has 0 radical (unpaired) electrons. The van der Waals surface area contributed by atoms with Gasteiger partial charge in [-0.05, 0) is 19.9 Å². The Balaban J connectivity index is 2.78. The number of nitrogen functional groups attached to an aromatic ring is 1. The SMILES string of the molecule is CC1=C=C=C(c2nc(C(=O)O)c(C)c(N)c2F)C=C1F. The van der Waals surface area contributed by atoms with Crippen molar-refractivity contribution in [2.45, 2.75) is 13.8 Å². The van der Waals surface area contributed by atoms with Crippen molar-refractivity contribution in [3.05, 3.63) is 51.7 Å². The van der Waals surface area contributed by atoms with Crippen LogP contribution in [0.4, 0.5) is 14.5 Å². The monoisotopic (exact) mass is 276 g/mol. The minimum absolute atomic E-state index is 0.0234. The van der Waals surface area contributed by atoms with E-state index in [1.807, 2.05) is 0 Å². The van der Waals surface area contributed by atoms with Gasteiger partial charge in [0.05, 0.1) is 11.3 Å². The number of aromatic nitrogens is 1. The fourth-order valence-corrected chi connectivity index (χ4v) is 1.67. The fourth-order valence-electron chi connectivity index (χ4n) is 1.67. The molecule has 20 heavy (non-hydrogen) atoms. The van der Waals surface area contributed by atoms with Crippen molar-refractivity contribution < 1.29 is 18.7 Å². The Morgan fingerprint density at radius 2 is 2.00 bits per heavy atom. The molecular weight excluding hydrogens is 266 g/mol. The molecule has 0 aromatic carbocycles. The van der Waals surface area contributed by atoms with E-state index in [0.717, 1.165) is 6.08 Å². The Morgan fingerprint density at radius 3 is 2.55 bits per heavy atom. The van der Waals surface area contributed by atoms with Crippen LogP contribution >= 0.6 is 0 Å². The second-order valence-electron chi connectivity index (χ2n) is 4.25. The van der Waals surface area contributed by atoms with E-state index in [0.29, 0.717) is 0 Å². The molecule has 2 rings (SSSR count). The van der Waals surface area contributed by atoms with Crippen LogP contribution in [-0.4, -0.2) is 16.1 Å². The van der Waals surface area contributed by atoms with E-state index >= 15 is 0 Å². The van der Waals surface area contributed by atoms with Crippen LogP contribution in [-0.2, 0) is 0 Å². The summed E-state index contributed by atoms with van der Waals surface area (Å²) >= 11 is 0. The first-order chi connectivity index (χ1) is 9.32. The summed E-state index contributed by atoms with van der Waals surface area (Å²) in [6, 6.07) is 0. The predicted molar refractivity (Wildman–Crippen MR) is 69.1 cm³/mol. The topological polar surface area (TPSA) is 76.2 Å². The van der Waals surface area contributed by atoms with Crippen LogP contribution in [0, 0.1) is 12.7 Å². The van der Waals surface area contributed by atoms with Crippen LogP contribution in [0.3, 0.4) is 0 Å². The summed E-state index contributed by atoms with van der Waals surface area (Å²) in [5.41, 5.74) is 9.67. The van der Waals surface area contributed by atoms with Crippen molar-refractivity contribution in [3.63, 3.8) is 0 Å². The molecule has 1 aliphatic rings. The lowest BCUT2D eigenvalue weighted by molar-refractivity contribution is 0.0689. The summed E-state index contributed by atoms with van der Waals surface area (Å²) in [7, 11) is 0. The molecule has 0 atom stereocenters. The molecule has 1 heterocycles. The van der Waals surface area contributed by atoms with Gasteiger partial charge in [0.15, 0.2) is 11.5 Å². The Bertz CT molecular complexity index is 766. The molecule has 3 N–H and O–H groups in total. The summed E-state index contributed by atoms with van der Waals surface area (Å²) < 4.78 is 27.6. The summed E-state index contributed by atoms with van der Waals surface area (Å²) in [6.07, 6.45) is 1.01. The van der Waals surface area contributed by atoms with Gasteiger partial charge in [0.2, 0.25) is 0 Å². The number of allylic oxidation sites excluding steroid dienone is 4. The van der Waals surface area contributed by atoms with Gasteiger partial charge in [-0.15, -0.1) is 0 Å². The highest BCUT2D eigenvalue weighted by atomic mass is 19.1. The third-order valence-corrected chi connectivity index (χ3v) is 2.90. The van der Waals surface area contributed by atoms with Crippen LogP contribution in [0.5, 0.6) is 0 Å². The van der Waals surface area contributed by atoms with Crippen molar-refractivity contribution in [2.24, 2.45) is 0 Å². The molecule has 0 unspecified atom stereocenters. The number of aromatic carboxylic acids is 1.